The summed E-state index contributed by atoms with van der Waals surface area (Å²) in [6.07, 6.45) is 4.14. The maximum absolute atomic E-state index is 13.1. The predicted molar refractivity (Wildman–Crippen MR) is 246 cm³/mol. The average Bonchev–Trinajstić information content (AvgIpc) is 3.88. The first kappa shape index (κ1) is 56.9. The zero-order valence-electron chi connectivity index (χ0n) is 39.8. The van der Waals surface area contributed by atoms with E-state index in [0.717, 1.165) is 12.7 Å². The van der Waals surface area contributed by atoms with Gasteiger partial charge in [-0.15, -0.1) is 0 Å². The number of nitrogens with one attached hydrogen (secondary N) is 4. The summed E-state index contributed by atoms with van der Waals surface area (Å²) in [5.74, 6) is -1.99. The molecule has 1 saturated carbocycles. The lowest BCUT2D eigenvalue weighted by molar-refractivity contribution is -0.139. The van der Waals surface area contributed by atoms with Crippen molar-refractivity contribution in [1.82, 2.24) is 20.9 Å². The Kier molecular flexibility index (Phi) is 28.9. The molecule has 0 aliphatic heterocycles. The van der Waals surface area contributed by atoms with E-state index < -0.39 is 17.9 Å². The van der Waals surface area contributed by atoms with E-state index in [-0.39, 0.29) is 79.9 Å². The third-order valence-electron chi connectivity index (χ3n) is 11.2. The molecule has 378 valence electrons. The minimum Gasteiger partial charge on any atom is -0.392 e. The molecule has 2 aliphatic carbocycles. The first-order valence-electron chi connectivity index (χ1n) is 23.3. The van der Waals surface area contributed by atoms with E-state index in [0.29, 0.717) is 123 Å². The number of carbonyl (C=O) groups is 6. The third-order valence-corrected chi connectivity index (χ3v) is 11.2. The Balaban J connectivity index is 0.996. The van der Waals surface area contributed by atoms with Crippen molar-refractivity contribution in [3.05, 3.63) is 41.5 Å². The highest BCUT2D eigenvalue weighted by Gasteiger charge is 2.51. The molecule has 67 heavy (non-hydrogen) atoms. The summed E-state index contributed by atoms with van der Waals surface area (Å²) in [4.78, 5) is 75.9. The van der Waals surface area contributed by atoms with Crippen LogP contribution in [0.5, 0.6) is 0 Å². The zero-order chi connectivity index (χ0) is 48.7. The van der Waals surface area contributed by atoms with Crippen molar-refractivity contribution in [3.8, 4) is 0 Å². The van der Waals surface area contributed by atoms with Crippen molar-refractivity contribution in [1.29, 1.82) is 0 Å². The molecule has 1 fully saturated rings. The number of aliphatic hydroxyl groups excluding tert-OH is 1. The van der Waals surface area contributed by atoms with Gasteiger partial charge in [0.15, 0.2) is 0 Å². The number of carbonyl (C=O) groups excluding carboxylic acids is 6. The molecule has 0 radical (unpaired) electrons. The summed E-state index contributed by atoms with van der Waals surface area (Å²) < 4.78 is 43.9. The van der Waals surface area contributed by atoms with Crippen molar-refractivity contribution in [2.45, 2.75) is 52.7 Å². The maximum Gasteiger partial charge on any atom is 0.243 e. The fraction of sp³-hybridized carbons (Fsp3) is 0.702. The van der Waals surface area contributed by atoms with Gasteiger partial charge in [0.2, 0.25) is 29.5 Å². The minimum atomic E-state index is -0.815. The van der Waals surface area contributed by atoms with Crippen molar-refractivity contribution >= 4 is 41.5 Å². The monoisotopic (exact) mass is 950 g/mol. The number of benzene rings is 1. The smallest absolute Gasteiger partial charge is 0.243 e. The van der Waals surface area contributed by atoms with Crippen LogP contribution in [-0.2, 0) is 73.3 Å². The number of nitrogens with zero attached hydrogens (tertiary/aromatic N) is 1. The second kappa shape index (κ2) is 34.0. The van der Waals surface area contributed by atoms with Crippen LogP contribution < -0.4 is 21.3 Å². The molecule has 0 heterocycles. The molecule has 0 aromatic heterocycles. The van der Waals surface area contributed by atoms with Gasteiger partial charge in [0.1, 0.15) is 12.3 Å². The van der Waals surface area contributed by atoms with Gasteiger partial charge in [-0.05, 0) is 48.8 Å². The van der Waals surface area contributed by atoms with Crippen molar-refractivity contribution in [3.63, 3.8) is 0 Å². The predicted octanol–water partition coefficient (Wildman–Crippen LogP) is 0.889. The normalized spacial score (nSPS) is 17.8. The van der Waals surface area contributed by atoms with E-state index in [1.807, 2.05) is 6.92 Å². The van der Waals surface area contributed by atoms with Gasteiger partial charge >= 0.3 is 0 Å². The van der Waals surface area contributed by atoms with E-state index >= 15 is 0 Å². The highest BCUT2D eigenvalue weighted by atomic mass is 16.6. The summed E-state index contributed by atoms with van der Waals surface area (Å²) in [5.41, 5.74) is 2.43. The minimum absolute atomic E-state index is 0.0587. The molecule has 5 N–H and O–H groups in total. The van der Waals surface area contributed by atoms with Crippen molar-refractivity contribution in [2.24, 2.45) is 29.6 Å². The van der Waals surface area contributed by atoms with Crippen molar-refractivity contribution < 1.29 is 71.8 Å². The second-order valence-corrected chi connectivity index (χ2v) is 16.6. The van der Waals surface area contributed by atoms with Gasteiger partial charge in [-0.2, -0.15) is 0 Å². The summed E-state index contributed by atoms with van der Waals surface area (Å²) in [5, 5.41) is 19.9. The molecule has 0 spiro atoms. The first-order chi connectivity index (χ1) is 32.4. The Bertz CT molecular complexity index is 1650. The summed E-state index contributed by atoms with van der Waals surface area (Å²) in [7, 11) is 1.69. The number of fused-ring (bicyclic) bond motifs is 2. The molecule has 5 unspecified atom stereocenters. The number of amides is 5. The van der Waals surface area contributed by atoms with E-state index in [4.69, 9.17) is 43.0 Å². The molecular formula is C47H75N5O15. The Hall–Kier alpha value is -4.38. The summed E-state index contributed by atoms with van der Waals surface area (Å²) >= 11 is 0. The number of allylic oxidation sites excluding steroid dienone is 2. The van der Waals surface area contributed by atoms with Gasteiger partial charge in [-0.25, -0.2) is 0 Å². The molecule has 5 atom stereocenters. The van der Waals surface area contributed by atoms with Crippen LogP contribution in [0.4, 0.5) is 5.69 Å². The van der Waals surface area contributed by atoms with Crippen LogP contribution in [0.3, 0.4) is 0 Å². The lowest BCUT2D eigenvalue weighted by Crippen LogP contribution is -2.51. The van der Waals surface area contributed by atoms with Crippen LogP contribution in [0.1, 0.15) is 45.6 Å². The Morgan fingerprint density at radius 1 is 0.701 bits per heavy atom. The van der Waals surface area contributed by atoms with E-state index in [9.17, 15) is 28.8 Å². The van der Waals surface area contributed by atoms with Crippen molar-refractivity contribution in [2.75, 3.05) is 138 Å². The number of anilines is 1. The van der Waals surface area contributed by atoms with Crippen LogP contribution in [0.2, 0.25) is 0 Å². The van der Waals surface area contributed by atoms with E-state index in [2.05, 4.69) is 27.3 Å². The fourth-order valence-corrected chi connectivity index (χ4v) is 7.51. The number of aliphatic hydroxyl groups is 1. The average molecular weight is 950 g/mol. The standard InChI is InChI=1S/C47H75N5O15/c1-34(2)45(46(58)49-31-43(57)50-38-7-5-36(32-53)6-8-38)51-42(56)10-13-60-15-17-62-19-21-64-23-25-66-27-28-67-26-24-65-22-20-63-18-16-61-14-11-48-41(55)9-12-52(4)47(59)44-39-30-37(29-35(39)3)40(44)33-54/h5-8,29,33-34,37,39-40,44-45,53H,9-28,30-32H2,1-4H3,(H,48,55)(H,49,58)(H,50,57)(H,51,56). The Morgan fingerprint density at radius 2 is 1.21 bits per heavy atom. The molecule has 5 amide bonds. The molecule has 20 nitrogen and oxygen atoms in total. The Labute approximate surface area is 394 Å². The van der Waals surface area contributed by atoms with Gasteiger partial charge in [0.05, 0.1) is 125 Å². The topological polar surface area (TPSA) is 248 Å². The quantitative estimate of drug-likeness (QED) is 0.0350. The molecule has 3 rings (SSSR count). The summed E-state index contributed by atoms with van der Waals surface area (Å²) in [6, 6.07) is 5.86. The van der Waals surface area contributed by atoms with Crippen LogP contribution in [0.15, 0.2) is 35.9 Å². The van der Waals surface area contributed by atoms with Gasteiger partial charge in [-0.1, -0.05) is 37.6 Å². The number of hydrogen-bond donors (Lipinski definition) is 5. The fourth-order valence-electron chi connectivity index (χ4n) is 7.51. The molecule has 0 saturated heterocycles. The lowest BCUT2D eigenvalue weighted by atomic mass is 9.80. The van der Waals surface area contributed by atoms with Crippen LogP contribution in [0.25, 0.3) is 0 Å². The van der Waals surface area contributed by atoms with E-state index in [1.54, 1.807) is 50.1 Å². The van der Waals surface area contributed by atoms with Crippen LogP contribution >= 0.6 is 0 Å². The van der Waals surface area contributed by atoms with Gasteiger partial charge in [0, 0.05) is 44.6 Å². The maximum atomic E-state index is 13.1. The third kappa shape index (κ3) is 23.0. The Morgan fingerprint density at radius 3 is 1.70 bits per heavy atom. The highest BCUT2D eigenvalue weighted by molar-refractivity contribution is 5.96. The first-order valence-corrected chi connectivity index (χ1v) is 23.3. The van der Waals surface area contributed by atoms with Gasteiger partial charge in [-0.3, -0.25) is 24.0 Å². The van der Waals surface area contributed by atoms with Gasteiger partial charge < -0.3 is 74.0 Å². The molecular weight excluding hydrogens is 875 g/mol. The molecule has 20 heteroatoms. The molecule has 2 aliphatic rings. The molecule has 1 aromatic rings. The summed E-state index contributed by atoms with van der Waals surface area (Å²) in [6.45, 7) is 12.0. The zero-order valence-corrected chi connectivity index (χ0v) is 39.8. The lowest BCUT2D eigenvalue weighted by Gasteiger charge is -2.29. The SMILES string of the molecule is CC1=CC2CC1C(C(=O)N(C)CCC(=O)NCCOCCOCCOCCOCCOCCOCCOCCOCCC(=O)NC(C(=O)NCC(=O)Nc1ccc(CO)cc1)C(C)C)C2C=O. The van der Waals surface area contributed by atoms with Gasteiger partial charge in [0.25, 0.3) is 0 Å². The largest absolute Gasteiger partial charge is 0.392 e. The highest BCUT2D eigenvalue weighted by Crippen LogP contribution is 2.51. The number of hydrogen-bond acceptors (Lipinski definition) is 15. The molecule has 1 aromatic carbocycles. The van der Waals surface area contributed by atoms with Crippen LogP contribution in [-0.4, -0.2) is 184 Å². The van der Waals surface area contributed by atoms with E-state index in [1.165, 1.54) is 5.57 Å². The number of ether oxygens (including phenoxy) is 8. The number of rotatable bonds is 39. The molecule has 2 bridgehead atoms. The number of aldehydes is 1. The van der Waals surface area contributed by atoms with Crippen LogP contribution in [0, 0.1) is 29.6 Å². The second-order valence-electron chi connectivity index (χ2n) is 16.6.